The molecule has 0 radical (unpaired) electrons. The second-order valence-corrected chi connectivity index (χ2v) is 4.63. The Morgan fingerprint density at radius 1 is 1.22 bits per heavy atom. The fourth-order valence-electron chi connectivity index (χ4n) is 2.58. The summed E-state index contributed by atoms with van der Waals surface area (Å²) in [4.78, 5) is 6.73. The van der Waals surface area contributed by atoms with Crippen LogP contribution in [-0.4, -0.2) is 25.1 Å². The van der Waals surface area contributed by atoms with Gasteiger partial charge in [-0.1, -0.05) is 0 Å². The fraction of sp³-hybridized carbons (Fsp3) is 0.357. The summed E-state index contributed by atoms with van der Waals surface area (Å²) in [6.45, 7) is 2.02. The molecule has 18 heavy (non-hydrogen) atoms. The van der Waals surface area contributed by atoms with Crippen molar-refractivity contribution in [2.24, 2.45) is 0 Å². The number of halogens is 1. The highest BCUT2D eigenvalue weighted by Crippen LogP contribution is 2.32. The van der Waals surface area contributed by atoms with Crippen molar-refractivity contribution in [1.29, 1.82) is 0 Å². The minimum Gasteiger partial charge on any atom is -0.386 e. The Hall–Kier alpha value is -1.84. The zero-order valence-corrected chi connectivity index (χ0v) is 10.4. The van der Waals surface area contributed by atoms with Gasteiger partial charge in [0.25, 0.3) is 0 Å². The molecule has 0 amide bonds. The standard InChI is InChI=1S/C14H16FN3/c1-16-13-9-17-14(18-6-2-3-7-18)12-8-10(15)4-5-11(12)13/h4-5,8-9,16H,2-3,6-7H2,1H3. The smallest absolute Gasteiger partial charge is 0.136 e. The van der Waals surface area contributed by atoms with E-state index in [9.17, 15) is 4.39 Å². The lowest BCUT2D eigenvalue weighted by molar-refractivity contribution is 0.629. The van der Waals surface area contributed by atoms with Gasteiger partial charge in [0.1, 0.15) is 11.6 Å². The highest BCUT2D eigenvalue weighted by Gasteiger charge is 2.17. The summed E-state index contributed by atoms with van der Waals surface area (Å²) >= 11 is 0. The molecule has 1 aromatic carbocycles. The number of benzene rings is 1. The summed E-state index contributed by atoms with van der Waals surface area (Å²) in [6.07, 6.45) is 4.20. The first-order chi connectivity index (χ1) is 8.79. The van der Waals surface area contributed by atoms with Crippen LogP contribution in [0.3, 0.4) is 0 Å². The molecular formula is C14H16FN3. The highest BCUT2D eigenvalue weighted by atomic mass is 19.1. The van der Waals surface area contributed by atoms with E-state index in [0.717, 1.165) is 35.4 Å². The van der Waals surface area contributed by atoms with Gasteiger partial charge in [-0.3, -0.25) is 0 Å². The van der Waals surface area contributed by atoms with Crippen molar-refractivity contribution >= 4 is 22.3 Å². The Labute approximate surface area is 106 Å². The number of pyridine rings is 1. The van der Waals surface area contributed by atoms with Gasteiger partial charge in [0.15, 0.2) is 0 Å². The van der Waals surface area contributed by atoms with Crippen molar-refractivity contribution in [3.63, 3.8) is 0 Å². The third kappa shape index (κ3) is 1.78. The van der Waals surface area contributed by atoms with Gasteiger partial charge in [0, 0.05) is 30.9 Å². The second-order valence-electron chi connectivity index (χ2n) is 4.63. The van der Waals surface area contributed by atoms with Crippen LogP contribution in [0.25, 0.3) is 10.8 Å². The molecule has 4 heteroatoms. The first-order valence-electron chi connectivity index (χ1n) is 6.30. The van der Waals surface area contributed by atoms with Crippen molar-refractivity contribution in [2.45, 2.75) is 12.8 Å². The predicted octanol–water partition coefficient (Wildman–Crippen LogP) is 3.02. The summed E-state index contributed by atoms with van der Waals surface area (Å²) in [6, 6.07) is 4.89. The SMILES string of the molecule is CNc1cnc(N2CCCC2)c2cc(F)ccc12. The van der Waals surface area contributed by atoms with Gasteiger partial charge in [0.2, 0.25) is 0 Å². The zero-order valence-electron chi connectivity index (χ0n) is 10.4. The molecule has 1 aliphatic heterocycles. The van der Waals surface area contributed by atoms with Crippen molar-refractivity contribution in [3.8, 4) is 0 Å². The lowest BCUT2D eigenvalue weighted by Crippen LogP contribution is -2.19. The molecule has 0 spiro atoms. The van der Waals surface area contributed by atoms with E-state index < -0.39 is 0 Å². The number of fused-ring (bicyclic) bond motifs is 1. The number of hydrogen-bond acceptors (Lipinski definition) is 3. The average Bonchev–Trinajstić information content (AvgIpc) is 2.91. The maximum absolute atomic E-state index is 13.5. The number of nitrogens with zero attached hydrogens (tertiary/aromatic N) is 2. The molecule has 94 valence electrons. The van der Waals surface area contributed by atoms with Gasteiger partial charge < -0.3 is 10.2 Å². The van der Waals surface area contributed by atoms with Crippen LogP contribution < -0.4 is 10.2 Å². The maximum Gasteiger partial charge on any atom is 0.136 e. The van der Waals surface area contributed by atoms with Crippen LogP contribution in [-0.2, 0) is 0 Å². The van der Waals surface area contributed by atoms with Gasteiger partial charge in [0.05, 0.1) is 11.9 Å². The zero-order chi connectivity index (χ0) is 12.5. The average molecular weight is 245 g/mol. The van der Waals surface area contributed by atoms with E-state index in [0.29, 0.717) is 0 Å². The van der Waals surface area contributed by atoms with Crippen LogP contribution in [0, 0.1) is 5.82 Å². The Kier molecular flexibility index (Phi) is 2.78. The molecule has 1 saturated heterocycles. The third-order valence-corrected chi connectivity index (χ3v) is 3.50. The van der Waals surface area contributed by atoms with Gasteiger partial charge >= 0.3 is 0 Å². The molecule has 2 aromatic rings. The number of rotatable bonds is 2. The monoisotopic (exact) mass is 245 g/mol. The Balaban J connectivity index is 2.22. The quantitative estimate of drug-likeness (QED) is 0.881. The molecule has 0 bridgehead atoms. The molecule has 1 N–H and O–H groups in total. The second kappa shape index (κ2) is 4.44. The van der Waals surface area contributed by atoms with E-state index in [2.05, 4.69) is 15.2 Å². The molecule has 3 nitrogen and oxygen atoms in total. The van der Waals surface area contributed by atoms with Crippen LogP contribution in [0.15, 0.2) is 24.4 Å². The van der Waals surface area contributed by atoms with Gasteiger partial charge in [-0.2, -0.15) is 0 Å². The van der Waals surface area contributed by atoms with Crippen molar-refractivity contribution in [2.75, 3.05) is 30.4 Å². The molecule has 0 saturated carbocycles. The Bertz CT molecular complexity index is 577. The lowest BCUT2D eigenvalue weighted by Gasteiger charge is -2.19. The van der Waals surface area contributed by atoms with Gasteiger partial charge in [-0.05, 0) is 31.0 Å². The van der Waals surface area contributed by atoms with E-state index in [1.807, 2.05) is 19.3 Å². The summed E-state index contributed by atoms with van der Waals surface area (Å²) < 4.78 is 13.5. The lowest BCUT2D eigenvalue weighted by atomic mass is 10.1. The van der Waals surface area contributed by atoms with E-state index in [-0.39, 0.29) is 5.82 Å². The van der Waals surface area contributed by atoms with Crippen LogP contribution in [0.2, 0.25) is 0 Å². The molecule has 0 aliphatic carbocycles. The van der Waals surface area contributed by atoms with Crippen LogP contribution >= 0.6 is 0 Å². The first kappa shape index (κ1) is 11.3. The van der Waals surface area contributed by atoms with Crippen molar-refractivity contribution < 1.29 is 4.39 Å². The summed E-state index contributed by atoms with van der Waals surface area (Å²) in [5.74, 6) is 0.694. The van der Waals surface area contributed by atoms with E-state index in [1.165, 1.54) is 18.9 Å². The Morgan fingerprint density at radius 2 is 2.00 bits per heavy atom. The highest BCUT2D eigenvalue weighted by molar-refractivity contribution is 6.00. The molecule has 1 aliphatic rings. The van der Waals surface area contributed by atoms with Crippen molar-refractivity contribution in [1.82, 2.24) is 4.98 Å². The molecule has 1 fully saturated rings. The van der Waals surface area contributed by atoms with Crippen molar-refractivity contribution in [3.05, 3.63) is 30.2 Å². The van der Waals surface area contributed by atoms with E-state index >= 15 is 0 Å². The van der Waals surface area contributed by atoms with E-state index in [4.69, 9.17) is 0 Å². The largest absolute Gasteiger partial charge is 0.386 e. The van der Waals surface area contributed by atoms with Crippen LogP contribution in [0.5, 0.6) is 0 Å². The molecule has 0 unspecified atom stereocenters. The molecule has 0 atom stereocenters. The molecular weight excluding hydrogens is 229 g/mol. The van der Waals surface area contributed by atoms with E-state index in [1.54, 1.807) is 6.07 Å². The number of aromatic nitrogens is 1. The fourth-order valence-corrected chi connectivity index (χ4v) is 2.58. The van der Waals surface area contributed by atoms with Crippen LogP contribution in [0.4, 0.5) is 15.9 Å². The summed E-state index contributed by atoms with van der Waals surface area (Å²) in [5.41, 5.74) is 0.938. The maximum atomic E-state index is 13.5. The topological polar surface area (TPSA) is 28.2 Å². The molecule has 3 rings (SSSR count). The third-order valence-electron chi connectivity index (χ3n) is 3.50. The first-order valence-corrected chi connectivity index (χ1v) is 6.30. The van der Waals surface area contributed by atoms with Gasteiger partial charge in [-0.25, -0.2) is 9.37 Å². The minimum atomic E-state index is -0.210. The van der Waals surface area contributed by atoms with Crippen LogP contribution in [0.1, 0.15) is 12.8 Å². The minimum absolute atomic E-state index is 0.210. The molecule has 1 aromatic heterocycles. The summed E-state index contributed by atoms with van der Waals surface area (Å²) in [7, 11) is 1.86. The normalized spacial score (nSPS) is 15.3. The summed E-state index contributed by atoms with van der Waals surface area (Å²) in [5, 5.41) is 5.02. The van der Waals surface area contributed by atoms with Gasteiger partial charge in [-0.15, -0.1) is 0 Å². The number of nitrogens with one attached hydrogen (secondary N) is 1. The number of hydrogen-bond donors (Lipinski definition) is 1. The predicted molar refractivity (Wildman–Crippen MR) is 72.7 cm³/mol. The number of anilines is 2. The Morgan fingerprint density at radius 3 is 2.72 bits per heavy atom. The molecule has 2 heterocycles.